The van der Waals surface area contributed by atoms with E-state index in [2.05, 4.69) is 10.0 Å². The number of rotatable bonds is 4. The first-order valence-electron chi connectivity index (χ1n) is 4.39. The average Bonchev–Trinajstić information content (AvgIpc) is 2.26. The molecule has 78 valence electrons. The highest BCUT2D eigenvalue weighted by molar-refractivity contribution is 5.66. The van der Waals surface area contributed by atoms with Gasteiger partial charge in [0.25, 0.3) is 0 Å². The van der Waals surface area contributed by atoms with E-state index in [0.29, 0.717) is 12.2 Å². The van der Waals surface area contributed by atoms with Crippen molar-refractivity contribution >= 4 is 11.8 Å². The largest absolute Gasteiger partial charge is 0.497 e. The molecule has 0 amide bonds. The van der Waals surface area contributed by atoms with Crippen LogP contribution in [0.15, 0.2) is 29.4 Å². The molecule has 0 aliphatic carbocycles. The summed E-state index contributed by atoms with van der Waals surface area (Å²) in [6.45, 7) is 0.313. The maximum atomic E-state index is 8.08. The van der Waals surface area contributed by atoms with Crippen LogP contribution < -0.4 is 10.5 Å². The first-order valence-corrected chi connectivity index (χ1v) is 4.39. The van der Waals surface area contributed by atoms with Gasteiger partial charge < -0.3 is 10.5 Å². The molecule has 0 aliphatic rings. The molecule has 0 fully saturated rings. The minimum atomic E-state index is 0.313. The quantitative estimate of drug-likeness (QED) is 0.354. The molecule has 15 heavy (non-hydrogen) atoms. The van der Waals surface area contributed by atoms with Gasteiger partial charge in [0.05, 0.1) is 7.11 Å². The standard InChI is InChI=1S/C10H12N4O/c1-15-9-4-5-10(11)8(7-9)3-2-6-13-14-12/h2-5,7H,6,11H2,1H3. The highest BCUT2D eigenvalue weighted by atomic mass is 16.5. The topological polar surface area (TPSA) is 84.0 Å². The Morgan fingerprint density at radius 1 is 1.60 bits per heavy atom. The number of anilines is 1. The molecular weight excluding hydrogens is 192 g/mol. The molecule has 0 saturated carbocycles. The molecular formula is C10H12N4O. The highest BCUT2D eigenvalue weighted by Gasteiger charge is 1.96. The summed E-state index contributed by atoms with van der Waals surface area (Å²) in [5, 5.41) is 3.38. The molecule has 0 radical (unpaired) electrons. The van der Waals surface area contributed by atoms with Crippen LogP contribution in [0, 0.1) is 0 Å². The van der Waals surface area contributed by atoms with Gasteiger partial charge in [-0.3, -0.25) is 0 Å². The van der Waals surface area contributed by atoms with E-state index in [0.717, 1.165) is 11.3 Å². The number of hydrogen-bond acceptors (Lipinski definition) is 3. The smallest absolute Gasteiger partial charge is 0.119 e. The van der Waals surface area contributed by atoms with Gasteiger partial charge in [-0.15, -0.1) is 0 Å². The second kappa shape index (κ2) is 5.57. The first kappa shape index (κ1) is 10.9. The molecule has 0 aromatic heterocycles. The predicted octanol–water partition coefficient (Wildman–Crippen LogP) is 2.60. The number of nitrogens with two attached hydrogens (primary N) is 1. The van der Waals surface area contributed by atoms with Crippen LogP contribution in [0.4, 0.5) is 5.69 Å². The maximum Gasteiger partial charge on any atom is 0.119 e. The third-order valence-electron chi connectivity index (χ3n) is 1.84. The summed E-state index contributed by atoms with van der Waals surface area (Å²) in [4.78, 5) is 2.64. The Hall–Kier alpha value is -2.13. The number of nitrogen functional groups attached to an aromatic ring is 1. The summed E-state index contributed by atoms with van der Waals surface area (Å²) in [6.07, 6.45) is 3.54. The summed E-state index contributed by atoms with van der Waals surface area (Å²) in [5.74, 6) is 0.743. The van der Waals surface area contributed by atoms with Crippen molar-refractivity contribution in [3.05, 3.63) is 40.3 Å². The molecule has 5 nitrogen and oxygen atoms in total. The van der Waals surface area contributed by atoms with Crippen LogP contribution in [-0.2, 0) is 0 Å². The molecule has 5 heteroatoms. The number of hydrogen-bond donors (Lipinski definition) is 1. The summed E-state index contributed by atoms with van der Waals surface area (Å²) < 4.78 is 5.07. The molecule has 0 aliphatic heterocycles. The number of benzene rings is 1. The molecule has 0 spiro atoms. The lowest BCUT2D eigenvalue weighted by Gasteiger charge is -2.03. The summed E-state index contributed by atoms with van der Waals surface area (Å²) in [7, 11) is 1.60. The lowest BCUT2D eigenvalue weighted by atomic mass is 10.1. The molecule has 0 bridgehead atoms. The van der Waals surface area contributed by atoms with Gasteiger partial charge in [0.15, 0.2) is 0 Å². The number of nitrogens with zero attached hydrogens (tertiary/aromatic N) is 3. The Kier molecular flexibility index (Phi) is 4.06. The molecule has 1 rings (SSSR count). The summed E-state index contributed by atoms with van der Waals surface area (Å²) in [5.41, 5.74) is 15.3. The van der Waals surface area contributed by atoms with Crippen LogP contribution in [0.1, 0.15) is 5.56 Å². The van der Waals surface area contributed by atoms with E-state index >= 15 is 0 Å². The maximum absolute atomic E-state index is 8.08. The van der Waals surface area contributed by atoms with Crippen molar-refractivity contribution in [1.82, 2.24) is 0 Å². The van der Waals surface area contributed by atoms with Gasteiger partial charge in [-0.2, -0.15) is 0 Å². The molecule has 0 atom stereocenters. The zero-order chi connectivity index (χ0) is 11.1. The van der Waals surface area contributed by atoms with E-state index in [4.69, 9.17) is 16.0 Å². The van der Waals surface area contributed by atoms with Gasteiger partial charge >= 0.3 is 0 Å². The number of ether oxygens (including phenoxy) is 1. The van der Waals surface area contributed by atoms with Crippen molar-refractivity contribution in [2.24, 2.45) is 5.11 Å². The van der Waals surface area contributed by atoms with Gasteiger partial charge in [-0.1, -0.05) is 17.3 Å². The van der Waals surface area contributed by atoms with Crippen LogP contribution in [0.2, 0.25) is 0 Å². The van der Waals surface area contributed by atoms with Gasteiger partial charge in [-0.25, -0.2) is 0 Å². The first-order chi connectivity index (χ1) is 7.27. The summed E-state index contributed by atoms with van der Waals surface area (Å²) in [6, 6.07) is 5.38. The molecule has 0 saturated heterocycles. The average molecular weight is 204 g/mol. The normalized spacial score (nSPS) is 9.93. The highest BCUT2D eigenvalue weighted by Crippen LogP contribution is 2.20. The monoisotopic (exact) mass is 204 g/mol. The molecule has 0 heterocycles. The van der Waals surface area contributed by atoms with Crippen LogP contribution in [0.3, 0.4) is 0 Å². The fourth-order valence-electron chi connectivity index (χ4n) is 1.09. The van der Waals surface area contributed by atoms with Crippen molar-refractivity contribution in [3.63, 3.8) is 0 Å². The molecule has 2 N–H and O–H groups in total. The van der Waals surface area contributed by atoms with Crippen LogP contribution in [-0.4, -0.2) is 13.7 Å². The van der Waals surface area contributed by atoms with E-state index in [1.54, 1.807) is 31.4 Å². The number of methoxy groups -OCH3 is 1. The van der Waals surface area contributed by atoms with E-state index in [1.807, 2.05) is 6.07 Å². The van der Waals surface area contributed by atoms with E-state index in [1.165, 1.54) is 0 Å². The fourth-order valence-corrected chi connectivity index (χ4v) is 1.09. The molecule has 1 aromatic rings. The van der Waals surface area contributed by atoms with Gasteiger partial charge in [0.2, 0.25) is 0 Å². The van der Waals surface area contributed by atoms with Crippen molar-refractivity contribution in [2.45, 2.75) is 0 Å². The lowest BCUT2D eigenvalue weighted by Crippen LogP contribution is -1.91. The second-order valence-electron chi connectivity index (χ2n) is 2.81. The Balaban J connectivity index is 2.83. The van der Waals surface area contributed by atoms with Crippen LogP contribution >= 0.6 is 0 Å². The van der Waals surface area contributed by atoms with Gasteiger partial charge in [0.1, 0.15) is 5.75 Å². The zero-order valence-electron chi connectivity index (χ0n) is 8.42. The van der Waals surface area contributed by atoms with E-state index in [9.17, 15) is 0 Å². The van der Waals surface area contributed by atoms with Gasteiger partial charge in [-0.05, 0) is 23.7 Å². The van der Waals surface area contributed by atoms with E-state index < -0.39 is 0 Å². The minimum absolute atomic E-state index is 0.313. The third kappa shape index (κ3) is 3.25. The predicted molar refractivity (Wildman–Crippen MR) is 60.5 cm³/mol. The SMILES string of the molecule is COc1ccc(N)c(C=CCN=[N+]=[N-])c1. The Morgan fingerprint density at radius 2 is 2.40 bits per heavy atom. The van der Waals surface area contributed by atoms with Crippen molar-refractivity contribution in [2.75, 3.05) is 19.4 Å². The molecule has 1 aromatic carbocycles. The second-order valence-corrected chi connectivity index (χ2v) is 2.81. The Bertz CT molecular complexity index is 408. The van der Waals surface area contributed by atoms with Crippen molar-refractivity contribution in [3.8, 4) is 5.75 Å². The van der Waals surface area contributed by atoms with Crippen molar-refractivity contribution < 1.29 is 4.74 Å². The van der Waals surface area contributed by atoms with Crippen LogP contribution in [0.25, 0.3) is 16.5 Å². The minimum Gasteiger partial charge on any atom is -0.497 e. The third-order valence-corrected chi connectivity index (χ3v) is 1.84. The van der Waals surface area contributed by atoms with E-state index in [-0.39, 0.29) is 0 Å². The summed E-state index contributed by atoms with van der Waals surface area (Å²) >= 11 is 0. The van der Waals surface area contributed by atoms with Crippen molar-refractivity contribution in [1.29, 1.82) is 0 Å². The lowest BCUT2D eigenvalue weighted by molar-refractivity contribution is 0.415. The Labute approximate surface area is 87.8 Å². The van der Waals surface area contributed by atoms with Gasteiger partial charge in [0, 0.05) is 22.7 Å². The molecule has 0 unspecified atom stereocenters. The fraction of sp³-hybridized carbons (Fsp3) is 0.200. The Morgan fingerprint density at radius 3 is 3.07 bits per heavy atom. The zero-order valence-corrected chi connectivity index (χ0v) is 8.42. The number of azide groups is 1. The van der Waals surface area contributed by atoms with Crippen LogP contribution in [0.5, 0.6) is 5.75 Å².